The van der Waals surface area contributed by atoms with Crippen molar-refractivity contribution >= 4 is 5.82 Å². The van der Waals surface area contributed by atoms with Gasteiger partial charge in [0.15, 0.2) is 0 Å². The molecule has 0 fully saturated rings. The average molecular weight is 165 g/mol. The number of aromatic nitrogens is 2. The highest BCUT2D eigenvalue weighted by Crippen LogP contribution is 2.07. The summed E-state index contributed by atoms with van der Waals surface area (Å²) in [6, 6.07) is 1.59. The lowest BCUT2D eigenvalue weighted by Crippen LogP contribution is -1.99. The first-order chi connectivity index (χ1) is 5.83. The second kappa shape index (κ2) is 4.33. The van der Waals surface area contributed by atoms with E-state index in [-0.39, 0.29) is 0 Å². The van der Waals surface area contributed by atoms with Crippen LogP contribution >= 0.6 is 0 Å². The summed E-state index contributed by atoms with van der Waals surface area (Å²) in [6.45, 7) is 4.14. The summed E-state index contributed by atoms with van der Waals surface area (Å²) in [4.78, 5) is 7.60. The van der Waals surface area contributed by atoms with Gasteiger partial charge in [-0.3, -0.25) is 0 Å². The summed E-state index contributed by atoms with van der Waals surface area (Å²) in [5, 5.41) is 0. The number of nitrogen functional groups attached to an aromatic ring is 1. The standard InChI is InChI=1S/C8H11N3O/c1-2-3-4-12-8-5-7(9)10-6-11-8/h2,5-6H,1,3-4H2,(H2,9,10,11). The molecule has 0 amide bonds. The van der Waals surface area contributed by atoms with Crippen molar-refractivity contribution in [2.45, 2.75) is 6.42 Å². The molecule has 2 N–H and O–H groups in total. The van der Waals surface area contributed by atoms with E-state index in [9.17, 15) is 0 Å². The maximum atomic E-state index is 5.41. The topological polar surface area (TPSA) is 61.0 Å². The number of hydrogen-bond acceptors (Lipinski definition) is 4. The molecular formula is C8H11N3O. The molecule has 0 atom stereocenters. The van der Waals surface area contributed by atoms with Gasteiger partial charge >= 0.3 is 0 Å². The molecule has 0 aliphatic heterocycles. The van der Waals surface area contributed by atoms with Crippen LogP contribution in [0.25, 0.3) is 0 Å². The molecule has 0 saturated heterocycles. The molecular weight excluding hydrogens is 154 g/mol. The number of rotatable bonds is 4. The predicted octanol–water partition coefficient (Wildman–Crippen LogP) is 1.01. The number of hydrogen-bond donors (Lipinski definition) is 1. The third-order valence-corrected chi connectivity index (χ3v) is 1.24. The summed E-state index contributed by atoms with van der Waals surface area (Å²) >= 11 is 0. The Morgan fingerprint density at radius 3 is 3.08 bits per heavy atom. The summed E-state index contributed by atoms with van der Waals surface area (Å²) in [6.07, 6.45) is 3.95. The maximum absolute atomic E-state index is 5.41. The van der Waals surface area contributed by atoms with Crippen LogP contribution in [0.3, 0.4) is 0 Å². The van der Waals surface area contributed by atoms with E-state index in [0.29, 0.717) is 18.3 Å². The Morgan fingerprint density at radius 1 is 1.58 bits per heavy atom. The van der Waals surface area contributed by atoms with Gasteiger partial charge in [-0.2, -0.15) is 0 Å². The number of nitrogens with zero attached hydrogens (tertiary/aromatic N) is 2. The maximum Gasteiger partial charge on any atom is 0.218 e. The number of ether oxygens (including phenoxy) is 1. The molecule has 1 heterocycles. The van der Waals surface area contributed by atoms with Crippen molar-refractivity contribution in [3.05, 3.63) is 25.0 Å². The molecule has 0 bridgehead atoms. The minimum atomic E-state index is 0.415. The second-order valence-electron chi connectivity index (χ2n) is 2.21. The van der Waals surface area contributed by atoms with Crippen molar-refractivity contribution in [3.8, 4) is 5.88 Å². The first-order valence-corrected chi connectivity index (χ1v) is 3.64. The van der Waals surface area contributed by atoms with Gasteiger partial charge in [0.2, 0.25) is 5.88 Å². The van der Waals surface area contributed by atoms with Crippen LogP contribution in [0.2, 0.25) is 0 Å². The van der Waals surface area contributed by atoms with E-state index in [0.717, 1.165) is 6.42 Å². The molecule has 1 aromatic heterocycles. The molecule has 0 saturated carbocycles. The first-order valence-electron chi connectivity index (χ1n) is 3.64. The fraction of sp³-hybridized carbons (Fsp3) is 0.250. The Kier molecular flexibility index (Phi) is 3.07. The molecule has 0 radical (unpaired) electrons. The van der Waals surface area contributed by atoms with Crippen LogP contribution in [0.1, 0.15) is 6.42 Å². The molecule has 1 aromatic rings. The minimum Gasteiger partial charge on any atom is -0.477 e. The molecule has 0 aromatic carbocycles. The molecule has 0 aliphatic rings. The van der Waals surface area contributed by atoms with Gasteiger partial charge in [0.1, 0.15) is 12.1 Å². The highest BCUT2D eigenvalue weighted by atomic mass is 16.5. The van der Waals surface area contributed by atoms with Gasteiger partial charge in [-0.05, 0) is 6.42 Å². The van der Waals surface area contributed by atoms with Gasteiger partial charge in [0.25, 0.3) is 0 Å². The number of anilines is 1. The second-order valence-corrected chi connectivity index (χ2v) is 2.21. The highest BCUT2D eigenvalue weighted by Gasteiger charge is 1.94. The molecule has 1 rings (SSSR count). The summed E-state index contributed by atoms with van der Waals surface area (Å²) in [7, 11) is 0. The van der Waals surface area contributed by atoms with E-state index in [1.807, 2.05) is 0 Å². The van der Waals surface area contributed by atoms with Crippen molar-refractivity contribution in [1.82, 2.24) is 9.97 Å². The largest absolute Gasteiger partial charge is 0.477 e. The van der Waals surface area contributed by atoms with Crippen LogP contribution in [-0.2, 0) is 0 Å². The Bertz CT molecular complexity index is 262. The molecule has 4 nitrogen and oxygen atoms in total. The third kappa shape index (κ3) is 2.57. The van der Waals surface area contributed by atoms with Crippen LogP contribution in [0.5, 0.6) is 5.88 Å². The normalized spacial score (nSPS) is 9.33. The lowest BCUT2D eigenvalue weighted by atomic mass is 10.4. The first kappa shape index (κ1) is 8.52. The zero-order valence-electron chi connectivity index (χ0n) is 6.73. The monoisotopic (exact) mass is 165 g/mol. The van der Waals surface area contributed by atoms with Crippen molar-refractivity contribution in [1.29, 1.82) is 0 Å². The van der Waals surface area contributed by atoms with Crippen molar-refractivity contribution in [2.24, 2.45) is 0 Å². The fourth-order valence-corrected chi connectivity index (χ4v) is 0.679. The van der Waals surface area contributed by atoms with E-state index in [2.05, 4.69) is 16.5 Å². The molecule has 0 aliphatic carbocycles. The minimum absolute atomic E-state index is 0.415. The summed E-state index contributed by atoms with van der Waals surface area (Å²) in [5.74, 6) is 0.919. The lowest BCUT2D eigenvalue weighted by Gasteiger charge is -2.02. The van der Waals surface area contributed by atoms with Crippen molar-refractivity contribution in [3.63, 3.8) is 0 Å². The van der Waals surface area contributed by atoms with Crippen LogP contribution in [0.4, 0.5) is 5.82 Å². The van der Waals surface area contributed by atoms with Crippen LogP contribution in [-0.4, -0.2) is 16.6 Å². The SMILES string of the molecule is C=CCCOc1cc(N)ncn1. The lowest BCUT2D eigenvalue weighted by molar-refractivity contribution is 0.312. The Balaban J connectivity index is 2.46. The quantitative estimate of drug-likeness (QED) is 0.534. The van der Waals surface area contributed by atoms with E-state index < -0.39 is 0 Å². The zero-order valence-corrected chi connectivity index (χ0v) is 6.73. The van der Waals surface area contributed by atoms with E-state index in [1.54, 1.807) is 12.1 Å². The van der Waals surface area contributed by atoms with E-state index in [4.69, 9.17) is 10.5 Å². The third-order valence-electron chi connectivity index (χ3n) is 1.24. The van der Waals surface area contributed by atoms with Gasteiger partial charge in [-0.15, -0.1) is 6.58 Å². The van der Waals surface area contributed by atoms with Gasteiger partial charge in [-0.1, -0.05) is 6.08 Å². The van der Waals surface area contributed by atoms with Gasteiger partial charge < -0.3 is 10.5 Å². The Labute approximate surface area is 71.1 Å². The molecule has 0 spiro atoms. The molecule has 64 valence electrons. The predicted molar refractivity (Wildman–Crippen MR) is 46.8 cm³/mol. The summed E-state index contributed by atoms with van der Waals surface area (Å²) < 4.78 is 5.22. The van der Waals surface area contributed by atoms with Crippen molar-refractivity contribution in [2.75, 3.05) is 12.3 Å². The molecule has 0 unspecified atom stereocenters. The van der Waals surface area contributed by atoms with Gasteiger partial charge in [0.05, 0.1) is 6.61 Å². The fourth-order valence-electron chi connectivity index (χ4n) is 0.679. The molecule has 12 heavy (non-hydrogen) atoms. The summed E-state index contributed by atoms with van der Waals surface area (Å²) in [5.41, 5.74) is 5.41. The van der Waals surface area contributed by atoms with Crippen LogP contribution in [0.15, 0.2) is 25.0 Å². The van der Waals surface area contributed by atoms with Crippen molar-refractivity contribution < 1.29 is 4.74 Å². The number of nitrogens with two attached hydrogens (primary N) is 1. The Hall–Kier alpha value is -1.58. The van der Waals surface area contributed by atoms with Crippen LogP contribution < -0.4 is 10.5 Å². The zero-order chi connectivity index (χ0) is 8.81. The van der Waals surface area contributed by atoms with Gasteiger partial charge in [0, 0.05) is 6.07 Å². The van der Waals surface area contributed by atoms with Gasteiger partial charge in [-0.25, -0.2) is 9.97 Å². The Morgan fingerprint density at radius 2 is 2.42 bits per heavy atom. The van der Waals surface area contributed by atoms with E-state index >= 15 is 0 Å². The van der Waals surface area contributed by atoms with Crippen LogP contribution in [0, 0.1) is 0 Å². The highest BCUT2D eigenvalue weighted by molar-refractivity contribution is 5.30. The van der Waals surface area contributed by atoms with E-state index in [1.165, 1.54) is 6.33 Å². The average Bonchev–Trinajstić information content (AvgIpc) is 2.05. The molecule has 4 heteroatoms. The smallest absolute Gasteiger partial charge is 0.218 e.